The Balaban J connectivity index is 1.45. The quantitative estimate of drug-likeness (QED) is 0.290. The molecule has 168 valence electrons. The van der Waals surface area contributed by atoms with E-state index in [1.165, 1.54) is 27.8 Å². The van der Waals surface area contributed by atoms with E-state index in [1.807, 2.05) is 0 Å². The summed E-state index contributed by atoms with van der Waals surface area (Å²) in [5, 5.41) is 12.7. The van der Waals surface area contributed by atoms with Crippen molar-refractivity contribution < 1.29 is 14.3 Å². The van der Waals surface area contributed by atoms with Gasteiger partial charge in [0, 0.05) is 15.5 Å². The minimum Gasteiger partial charge on any atom is -0.462 e. The number of anilines is 1. The number of carbonyl (C=O) groups is 2. The van der Waals surface area contributed by atoms with Crippen LogP contribution in [0.15, 0.2) is 29.4 Å². The van der Waals surface area contributed by atoms with Crippen molar-refractivity contribution in [3.05, 3.63) is 45.3 Å². The first kappa shape index (κ1) is 22.6. The molecule has 1 aromatic carbocycles. The van der Waals surface area contributed by atoms with E-state index in [1.54, 1.807) is 31.2 Å². The third-order valence-electron chi connectivity index (χ3n) is 5.00. The van der Waals surface area contributed by atoms with Crippen LogP contribution >= 0.6 is 34.7 Å². The average molecular weight is 492 g/mol. The number of thioether (sulfide) groups is 1. The molecule has 0 bridgehead atoms. The van der Waals surface area contributed by atoms with E-state index >= 15 is 0 Å². The van der Waals surface area contributed by atoms with Crippen LogP contribution in [0, 0.1) is 0 Å². The third-order valence-corrected chi connectivity index (χ3v) is 7.41. The van der Waals surface area contributed by atoms with Crippen molar-refractivity contribution in [1.82, 2.24) is 14.9 Å². The lowest BCUT2D eigenvalue weighted by atomic mass is 9.95. The number of aryl methyl sites for hydroxylation is 1. The Hall–Kier alpha value is -2.56. The van der Waals surface area contributed by atoms with E-state index in [9.17, 15) is 9.59 Å². The number of carbonyl (C=O) groups excluding carboxylic acids is 2. The van der Waals surface area contributed by atoms with E-state index < -0.39 is 0 Å². The summed E-state index contributed by atoms with van der Waals surface area (Å²) in [6.45, 7) is 2.06. The van der Waals surface area contributed by atoms with Crippen molar-refractivity contribution in [3.63, 3.8) is 0 Å². The molecule has 0 atom stereocenters. The van der Waals surface area contributed by atoms with Gasteiger partial charge in [0.25, 0.3) is 0 Å². The minimum absolute atomic E-state index is 0.0702. The minimum atomic E-state index is -0.385. The number of nitrogen functional groups attached to an aromatic ring is 1. The summed E-state index contributed by atoms with van der Waals surface area (Å²) in [6.07, 6.45) is 3.86. The van der Waals surface area contributed by atoms with Crippen LogP contribution in [0.5, 0.6) is 0 Å². The molecular weight excluding hydrogens is 470 g/mol. The van der Waals surface area contributed by atoms with Crippen LogP contribution in [-0.4, -0.2) is 39.1 Å². The summed E-state index contributed by atoms with van der Waals surface area (Å²) < 4.78 is 6.58. The van der Waals surface area contributed by atoms with Gasteiger partial charge in [0.15, 0.2) is 5.82 Å². The van der Waals surface area contributed by atoms with Gasteiger partial charge < -0.3 is 15.9 Å². The van der Waals surface area contributed by atoms with Crippen LogP contribution in [0.2, 0.25) is 5.02 Å². The van der Waals surface area contributed by atoms with Gasteiger partial charge in [-0.25, -0.2) is 9.47 Å². The van der Waals surface area contributed by atoms with Crippen molar-refractivity contribution in [1.29, 1.82) is 0 Å². The number of nitrogens with two attached hydrogens (primary N) is 1. The molecule has 1 aliphatic rings. The van der Waals surface area contributed by atoms with E-state index in [2.05, 4.69) is 15.5 Å². The largest absolute Gasteiger partial charge is 0.462 e. The SMILES string of the molecule is CCOC(=O)c1c(NC(=O)CSc2nnc(-c3ccc(Cl)cc3)n2N)sc2c1CCCC2. The molecule has 0 spiro atoms. The summed E-state index contributed by atoms with van der Waals surface area (Å²) in [5.41, 5.74) is 2.28. The van der Waals surface area contributed by atoms with Gasteiger partial charge in [0.1, 0.15) is 5.00 Å². The maximum atomic E-state index is 12.7. The highest BCUT2D eigenvalue weighted by Crippen LogP contribution is 2.38. The second kappa shape index (κ2) is 9.93. The van der Waals surface area contributed by atoms with Crippen LogP contribution in [0.3, 0.4) is 0 Å². The van der Waals surface area contributed by atoms with Crippen molar-refractivity contribution in [2.45, 2.75) is 37.8 Å². The number of aromatic nitrogens is 3. The summed E-state index contributed by atoms with van der Waals surface area (Å²) in [4.78, 5) is 26.4. The molecule has 2 aromatic heterocycles. The number of fused-ring (bicyclic) bond motifs is 1. The van der Waals surface area contributed by atoms with Crippen molar-refractivity contribution in [3.8, 4) is 11.4 Å². The fourth-order valence-corrected chi connectivity index (χ4v) is 5.61. The highest BCUT2D eigenvalue weighted by molar-refractivity contribution is 7.99. The van der Waals surface area contributed by atoms with Crippen LogP contribution in [-0.2, 0) is 22.4 Å². The molecule has 3 N–H and O–H groups in total. The zero-order valence-corrected chi connectivity index (χ0v) is 19.8. The fourth-order valence-electron chi connectivity index (χ4n) is 3.54. The Morgan fingerprint density at radius 3 is 2.75 bits per heavy atom. The normalized spacial score (nSPS) is 12.9. The summed E-state index contributed by atoms with van der Waals surface area (Å²) in [7, 11) is 0. The molecule has 1 aliphatic carbocycles. The lowest BCUT2D eigenvalue weighted by Crippen LogP contribution is -2.18. The van der Waals surface area contributed by atoms with Crippen LogP contribution < -0.4 is 11.2 Å². The maximum absolute atomic E-state index is 12.7. The Kier molecular flexibility index (Phi) is 7.02. The van der Waals surface area contributed by atoms with Gasteiger partial charge >= 0.3 is 5.97 Å². The number of rotatable bonds is 7. The van der Waals surface area contributed by atoms with E-state index in [-0.39, 0.29) is 24.2 Å². The van der Waals surface area contributed by atoms with Crippen LogP contribution in [0.4, 0.5) is 5.00 Å². The molecule has 4 rings (SSSR count). The van der Waals surface area contributed by atoms with Gasteiger partial charge in [-0.3, -0.25) is 4.79 Å². The van der Waals surface area contributed by atoms with E-state index in [0.29, 0.717) is 26.6 Å². The molecule has 3 aromatic rings. The molecular formula is C21H22ClN5O3S2. The predicted molar refractivity (Wildman–Crippen MR) is 127 cm³/mol. The first-order valence-electron chi connectivity index (χ1n) is 10.2. The van der Waals surface area contributed by atoms with Gasteiger partial charge in [-0.15, -0.1) is 21.5 Å². The number of amides is 1. The van der Waals surface area contributed by atoms with Crippen LogP contribution in [0.1, 0.15) is 40.6 Å². The van der Waals surface area contributed by atoms with Crippen molar-refractivity contribution in [2.24, 2.45) is 0 Å². The Bertz CT molecular complexity index is 1140. The molecule has 2 heterocycles. The second-order valence-corrected chi connectivity index (χ2v) is 9.64. The highest BCUT2D eigenvalue weighted by atomic mass is 35.5. The Morgan fingerprint density at radius 1 is 1.25 bits per heavy atom. The van der Waals surface area contributed by atoms with Gasteiger partial charge in [-0.05, 0) is 62.4 Å². The van der Waals surface area contributed by atoms with Crippen molar-refractivity contribution >= 4 is 51.6 Å². The summed E-state index contributed by atoms with van der Waals surface area (Å²) in [5.74, 6) is 6.03. The Labute approximate surface area is 198 Å². The number of nitrogens with zero attached hydrogens (tertiary/aromatic N) is 3. The molecule has 0 saturated carbocycles. The predicted octanol–water partition coefficient (Wildman–Crippen LogP) is 4.16. The number of esters is 1. The van der Waals surface area contributed by atoms with Gasteiger partial charge in [0.2, 0.25) is 11.1 Å². The molecule has 0 radical (unpaired) electrons. The fraction of sp³-hybridized carbons (Fsp3) is 0.333. The lowest BCUT2D eigenvalue weighted by Gasteiger charge is -2.12. The van der Waals surface area contributed by atoms with Gasteiger partial charge in [-0.2, -0.15) is 0 Å². The van der Waals surface area contributed by atoms with Crippen molar-refractivity contribution in [2.75, 3.05) is 23.5 Å². The molecule has 0 fully saturated rings. The number of thiophene rings is 1. The zero-order valence-electron chi connectivity index (χ0n) is 17.4. The standard InChI is InChI=1S/C21H22ClN5O3S2/c1-2-30-20(29)17-14-5-3-4-6-15(14)32-19(17)24-16(28)11-31-21-26-25-18(27(21)23)12-7-9-13(22)10-8-12/h7-10H,2-6,11,23H2,1H3,(H,24,28). The molecule has 0 saturated heterocycles. The van der Waals surface area contributed by atoms with E-state index in [4.69, 9.17) is 22.2 Å². The molecule has 11 heteroatoms. The number of benzene rings is 1. The molecule has 0 unspecified atom stereocenters. The number of hydrogen-bond donors (Lipinski definition) is 2. The second-order valence-electron chi connectivity index (χ2n) is 7.16. The summed E-state index contributed by atoms with van der Waals surface area (Å²) >= 11 is 8.55. The number of nitrogens with one attached hydrogen (secondary N) is 1. The first-order chi connectivity index (χ1) is 15.5. The van der Waals surface area contributed by atoms with E-state index in [0.717, 1.165) is 41.7 Å². The summed E-state index contributed by atoms with van der Waals surface area (Å²) in [6, 6.07) is 7.08. The average Bonchev–Trinajstić information content (AvgIpc) is 3.33. The molecule has 0 aliphatic heterocycles. The monoisotopic (exact) mass is 491 g/mol. The first-order valence-corrected chi connectivity index (χ1v) is 12.4. The lowest BCUT2D eigenvalue weighted by molar-refractivity contribution is -0.113. The number of hydrogen-bond acceptors (Lipinski definition) is 8. The Morgan fingerprint density at radius 2 is 2.00 bits per heavy atom. The smallest absolute Gasteiger partial charge is 0.341 e. The van der Waals surface area contributed by atoms with Crippen LogP contribution in [0.25, 0.3) is 11.4 Å². The molecule has 1 amide bonds. The third kappa shape index (κ3) is 4.77. The number of ether oxygens (including phenoxy) is 1. The highest BCUT2D eigenvalue weighted by Gasteiger charge is 2.27. The van der Waals surface area contributed by atoms with Gasteiger partial charge in [-0.1, -0.05) is 23.4 Å². The zero-order chi connectivity index (χ0) is 22.7. The maximum Gasteiger partial charge on any atom is 0.341 e. The molecule has 32 heavy (non-hydrogen) atoms. The van der Waals surface area contributed by atoms with Gasteiger partial charge in [0.05, 0.1) is 17.9 Å². The number of halogens is 1. The topological polar surface area (TPSA) is 112 Å². The molecule has 8 nitrogen and oxygen atoms in total.